The number of hydrogen-bond donors (Lipinski definition) is 1. The molecule has 2 nitrogen and oxygen atoms in total. The molecule has 2 heteroatoms. The highest BCUT2D eigenvalue weighted by molar-refractivity contribution is 5.53. The van der Waals surface area contributed by atoms with Gasteiger partial charge in [-0.3, -0.25) is 0 Å². The van der Waals surface area contributed by atoms with Crippen molar-refractivity contribution in [1.82, 2.24) is 0 Å². The molecule has 20 heavy (non-hydrogen) atoms. The normalized spacial score (nSPS) is 15.8. The van der Waals surface area contributed by atoms with Gasteiger partial charge in [0.2, 0.25) is 0 Å². The van der Waals surface area contributed by atoms with E-state index in [9.17, 15) is 0 Å². The smallest absolute Gasteiger partial charge is 0.0733 e. The van der Waals surface area contributed by atoms with Crippen LogP contribution in [0, 0.1) is 5.92 Å². The average Bonchev–Trinajstić information content (AvgIpc) is 3.32. The van der Waals surface area contributed by atoms with Crippen LogP contribution in [0.4, 0.5) is 5.69 Å². The number of hydrogen-bond acceptors (Lipinski definition) is 2. The van der Waals surface area contributed by atoms with Gasteiger partial charge in [0, 0.05) is 18.4 Å². The molecule has 0 aliphatic heterocycles. The Labute approximate surface area is 120 Å². The number of para-hydroxylation sites is 1. The fraction of sp³-hybridized carbons (Fsp3) is 0.333. The third kappa shape index (κ3) is 3.02. The lowest BCUT2D eigenvalue weighted by molar-refractivity contribution is 0.185. The van der Waals surface area contributed by atoms with E-state index in [-0.39, 0.29) is 0 Å². The van der Waals surface area contributed by atoms with Crippen molar-refractivity contribution < 1.29 is 4.74 Å². The third-order valence-corrected chi connectivity index (χ3v) is 3.88. The van der Waals surface area contributed by atoms with Crippen molar-refractivity contribution in [3.05, 3.63) is 65.7 Å². The molecule has 1 atom stereocenters. The minimum atomic E-state index is 0.411. The Morgan fingerprint density at radius 3 is 2.45 bits per heavy atom. The Morgan fingerprint density at radius 2 is 1.75 bits per heavy atom. The number of ether oxygens (including phenoxy) is 1. The molecule has 1 aliphatic rings. The van der Waals surface area contributed by atoms with Gasteiger partial charge in [-0.1, -0.05) is 48.5 Å². The van der Waals surface area contributed by atoms with Gasteiger partial charge < -0.3 is 10.1 Å². The second kappa shape index (κ2) is 6.10. The molecule has 1 aliphatic carbocycles. The molecule has 2 aromatic rings. The number of rotatable bonds is 6. The van der Waals surface area contributed by atoms with Crippen LogP contribution in [0.15, 0.2) is 54.6 Å². The van der Waals surface area contributed by atoms with Crippen molar-refractivity contribution in [2.75, 3.05) is 12.4 Å². The molecule has 0 spiro atoms. The maximum Gasteiger partial charge on any atom is 0.0733 e. The summed E-state index contributed by atoms with van der Waals surface area (Å²) in [5.41, 5.74) is 3.79. The van der Waals surface area contributed by atoms with E-state index in [0.717, 1.165) is 5.92 Å². The van der Waals surface area contributed by atoms with Gasteiger partial charge in [0.15, 0.2) is 0 Å². The monoisotopic (exact) mass is 267 g/mol. The summed E-state index contributed by atoms with van der Waals surface area (Å²) >= 11 is 0. The maximum absolute atomic E-state index is 5.29. The van der Waals surface area contributed by atoms with Crippen LogP contribution in [-0.2, 0) is 11.3 Å². The molecule has 1 saturated carbocycles. The second-order valence-corrected chi connectivity index (χ2v) is 5.46. The highest BCUT2D eigenvalue weighted by Gasteiger charge is 2.32. The molecule has 0 heterocycles. The van der Waals surface area contributed by atoms with Crippen molar-refractivity contribution in [2.45, 2.75) is 25.5 Å². The second-order valence-electron chi connectivity index (χ2n) is 5.46. The number of benzene rings is 2. The van der Waals surface area contributed by atoms with Gasteiger partial charge in [0.05, 0.1) is 12.6 Å². The third-order valence-electron chi connectivity index (χ3n) is 3.88. The molecule has 0 saturated heterocycles. The SMILES string of the molecule is COCc1ccccc1NC(c1ccccc1)C1CC1. The summed E-state index contributed by atoms with van der Waals surface area (Å²) in [7, 11) is 1.74. The van der Waals surface area contributed by atoms with E-state index in [2.05, 4.69) is 59.9 Å². The number of methoxy groups -OCH3 is 1. The molecule has 3 rings (SSSR count). The van der Waals surface area contributed by atoms with Crippen molar-refractivity contribution in [1.29, 1.82) is 0 Å². The molecule has 1 unspecified atom stereocenters. The molecule has 0 radical (unpaired) electrons. The highest BCUT2D eigenvalue weighted by Crippen LogP contribution is 2.43. The molecule has 2 aromatic carbocycles. The van der Waals surface area contributed by atoms with Crippen molar-refractivity contribution in [3.8, 4) is 0 Å². The summed E-state index contributed by atoms with van der Waals surface area (Å²) in [6.07, 6.45) is 2.64. The summed E-state index contributed by atoms with van der Waals surface area (Å²) in [6, 6.07) is 19.6. The first-order valence-corrected chi connectivity index (χ1v) is 7.27. The molecule has 1 fully saturated rings. The van der Waals surface area contributed by atoms with Crippen molar-refractivity contribution in [2.24, 2.45) is 5.92 Å². The Hall–Kier alpha value is -1.80. The van der Waals surface area contributed by atoms with E-state index in [1.54, 1.807) is 7.11 Å². The highest BCUT2D eigenvalue weighted by atomic mass is 16.5. The van der Waals surface area contributed by atoms with Crippen LogP contribution in [0.2, 0.25) is 0 Å². The predicted molar refractivity (Wildman–Crippen MR) is 82.7 cm³/mol. The Morgan fingerprint density at radius 1 is 1.05 bits per heavy atom. The van der Waals surface area contributed by atoms with E-state index in [4.69, 9.17) is 4.74 Å². The lowest BCUT2D eigenvalue weighted by Crippen LogP contribution is -2.14. The number of nitrogens with one attached hydrogen (secondary N) is 1. The van der Waals surface area contributed by atoms with Gasteiger partial charge in [0.25, 0.3) is 0 Å². The molecule has 0 aromatic heterocycles. The van der Waals surface area contributed by atoms with Gasteiger partial charge in [-0.15, -0.1) is 0 Å². The Bertz CT molecular complexity index is 548. The summed E-state index contributed by atoms with van der Waals surface area (Å²) in [4.78, 5) is 0. The van der Waals surface area contributed by atoms with Crippen LogP contribution in [-0.4, -0.2) is 7.11 Å². The fourth-order valence-corrected chi connectivity index (χ4v) is 2.67. The summed E-state index contributed by atoms with van der Waals surface area (Å²) in [5.74, 6) is 0.757. The molecule has 0 amide bonds. The molecular weight excluding hydrogens is 246 g/mol. The zero-order valence-electron chi connectivity index (χ0n) is 11.9. The maximum atomic E-state index is 5.29. The largest absolute Gasteiger partial charge is 0.380 e. The van der Waals surface area contributed by atoms with E-state index in [1.807, 2.05) is 0 Å². The average molecular weight is 267 g/mol. The first-order chi connectivity index (χ1) is 9.88. The molecular formula is C18H21NO. The fourth-order valence-electron chi connectivity index (χ4n) is 2.67. The first-order valence-electron chi connectivity index (χ1n) is 7.27. The van der Waals surface area contributed by atoms with Crippen molar-refractivity contribution in [3.63, 3.8) is 0 Å². The van der Waals surface area contributed by atoms with E-state index >= 15 is 0 Å². The minimum absolute atomic E-state index is 0.411. The standard InChI is InChI=1S/C18H21NO/c1-20-13-16-9-5-6-10-17(16)19-18(15-11-12-15)14-7-3-2-4-8-14/h2-10,15,18-19H,11-13H2,1H3. The lowest BCUT2D eigenvalue weighted by atomic mass is 10.0. The zero-order chi connectivity index (χ0) is 13.8. The molecule has 0 bridgehead atoms. The van der Waals surface area contributed by atoms with Crippen LogP contribution in [0.25, 0.3) is 0 Å². The minimum Gasteiger partial charge on any atom is -0.380 e. The van der Waals surface area contributed by atoms with Crippen LogP contribution in [0.1, 0.15) is 30.0 Å². The van der Waals surface area contributed by atoms with E-state index in [0.29, 0.717) is 12.6 Å². The number of anilines is 1. The van der Waals surface area contributed by atoms with Crippen LogP contribution < -0.4 is 5.32 Å². The van der Waals surface area contributed by atoms with Crippen molar-refractivity contribution >= 4 is 5.69 Å². The van der Waals surface area contributed by atoms with Crippen LogP contribution >= 0.6 is 0 Å². The molecule has 104 valence electrons. The summed E-state index contributed by atoms with van der Waals surface area (Å²) in [5, 5.41) is 3.73. The van der Waals surface area contributed by atoms with Gasteiger partial charge in [-0.25, -0.2) is 0 Å². The topological polar surface area (TPSA) is 21.3 Å². The molecule has 1 N–H and O–H groups in total. The first kappa shape index (κ1) is 13.2. The lowest BCUT2D eigenvalue weighted by Gasteiger charge is -2.22. The summed E-state index contributed by atoms with van der Waals surface area (Å²) < 4.78 is 5.29. The van der Waals surface area contributed by atoms with Gasteiger partial charge in [0.1, 0.15) is 0 Å². The summed E-state index contributed by atoms with van der Waals surface area (Å²) in [6.45, 7) is 0.648. The zero-order valence-corrected chi connectivity index (χ0v) is 11.9. The Balaban J connectivity index is 1.84. The van der Waals surface area contributed by atoms with E-state index in [1.165, 1.54) is 29.7 Å². The van der Waals surface area contributed by atoms with Gasteiger partial charge in [-0.05, 0) is 30.4 Å². The predicted octanol–water partition coefficient (Wildman–Crippen LogP) is 4.40. The quantitative estimate of drug-likeness (QED) is 0.837. The van der Waals surface area contributed by atoms with Gasteiger partial charge >= 0.3 is 0 Å². The van der Waals surface area contributed by atoms with E-state index < -0.39 is 0 Å². The van der Waals surface area contributed by atoms with Crippen LogP contribution in [0.5, 0.6) is 0 Å². The van der Waals surface area contributed by atoms with Crippen LogP contribution in [0.3, 0.4) is 0 Å². The Kier molecular flexibility index (Phi) is 4.03. The van der Waals surface area contributed by atoms with Gasteiger partial charge in [-0.2, -0.15) is 0 Å².